The normalized spacial score (nSPS) is 16.5. The molecule has 5 heteroatoms. The van der Waals surface area contributed by atoms with Crippen molar-refractivity contribution in [1.82, 2.24) is 10.3 Å². The van der Waals surface area contributed by atoms with Gasteiger partial charge in [-0.15, -0.1) is 11.3 Å². The Labute approximate surface area is 112 Å². The van der Waals surface area contributed by atoms with E-state index in [4.69, 9.17) is 4.98 Å². The van der Waals surface area contributed by atoms with Crippen LogP contribution in [0.1, 0.15) is 24.4 Å². The summed E-state index contributed by atoms with van der Waals surface area (Å²) in [5, 5.41) is 4.63. The number of nitrogens with one attached hydrogen (secondary N) is 1. The molecule has 2 rings (SSSR count). The summed E-state index contributed by atoms with van der Waals surface area (Å²) in [6.07, 6.45) is 1.04. The Morgan fingerprint density at radius 3 is 2.71 bits per heavy atom. The summed E-state index contributed by atoms with van der Waals surface area (Å²) in [5.41, 5.74) is 1.28. The first-order valence-electron chi connectivity index (χ1n) is 6.37. The molecule has 0 unspecified atom stereocenters. The largest absolute Gasteiger partial charge is 0.346 e. The van der Waals surface area contributed by atoms with Gasteiger partial charge in [0.2, 0.25) is 0 Å². The number of aromatic nitrogens is 1. The van der Waals surface area contributed by atoms with E-state index in [-0.39, 0.29) is 0 Å². The predicted octanol–water partition coefficient (Wildman–Crippen LogP) is 2.37. The summed E-state index contributed by atoms with van der Waals surface area (Å²) in [5.74, 6) is 2.48. The summed E-state index contributed by atoms with van der Waals surface area (Å²) in [6.45, 7) is 8.65. The summed E-state index contributed by atoms with van der Waals surface area (Å²) in [4.78, 5) is 8.66. The fourth-order valence-electron chi connectivity index (χ4n) is 1.91. The molecule has 0 atom stereocenters. The van der Waals surface area contributed by atoms with Gasteiger partial charge in [0.05, 0.1) is 5.69 Å². The third-order valence-electron chi connectivity index (χ3n) is 2.92. The summed E-state index contributed by atoms with van der Waals surface area (Å²) in [7, 11) is 0. The molecule has 0 saturated carbocycles. The van der Waals surface area contributed by atoms with Gasteiger partial charge in [0, 0.05) is 36.0 Å². The summed E-state index contributed by atoms with van der Waals surface area (Å²) in [6, 6.07) is 0. The van der Waals surface area contributed by atoms with Gasteiger partial charge in [0.1, 0.15) is 0 Å². The highest BCUT2D eigenvalue weighted by Crippen LogP contribution is 2.28. The fraction of sp³-hybridized carbons (Fsp3) is 0.750. The average Bonchev–Trinajstić information content (AvgIpc) is 2.80. The lowest BCUT2D eigenvalue weighted by Gasteiger charge is -2.25. The Bertz CT molecular complexity index is 346. The van der Waals surface area contributed by atoms with Gasteiger partial charge in [-0.1, -0.05) is 13.8 Å². The number of anilines is 1. The molecule has 1 aliphatic heterocycles. The average molecular weight is 271 g/mol. The Kier molecular flexibility index (Phi) is 5.13. The van der Waals surface area contributed by atoms with Gasteiger partial charge < -0.3 is 10.2 Å². The number of thioether (sulfide) groups is 1. The van der Waals surface area contributed by atoms with E-state index in [1.165, 1.54) is 27.2 Å². The Hall–Kier alpha value is -0.260. The predicted molar refractivity (Wildman–Crippen MR) is 78.4 cm³/mol. The second kappa shape index (κ2) is 6.61. The van der Waals surface area contributed by atoms with E-state index in [2.05, 4.69) is 24.1 Å². The zero-order valence-electron chi connectivity index (χ0n) is 10.7. The van der Waals surface area contributed by atoms with Crippen molar-refractivity contribution in [2.24, 2.45) is 0 Å². The molecule has 3 nitrogen and oxygen atoms in total. The minimum Gasteiger partial charge on any atom is -0.346 e. The van der Waals surface area contributed by atoms with Gasteiger partial charge >= 0.3 is 0 Å². The third-order valence-corrected chi connectivity index (χ3v) is 5.02. The highest BCUT2D eigenvalue weighted by Gasteiger charge is 2.17. The monoisotopic (exact) mass is 271 g/mol. The maximum atomic E-state index is 4.80. The topological polar surface area (TPSA) is 28.2 Å². The van der Waals surface area contributed by atoms with Crippen molar-refractivity contribution in [3.8, 4) is 0 Å². The first-order valence-corrected chi connectivity index (χ1v) is 8.34. The van der Waals surface area contributed by atoms with Crippen LogP contribution in [0.5, 0.6) is 0 Å². The van der Waals surface area contributed by atoms with Crippen LogP contribution in [-0.2, 0) is 13.0 Å². The van der Waals surface area contributed by atoms with Crippen molar-refractivity contribution in [2.75, 3.05) is 36.0 Å². The Morgan fingerprint density at radius 2 is 2.06 bits per heavy atom. The van der Waals surface area contributed by atoms with Crippen LogP contribution in [0.15, 0.2) is 0 Å². The molecule has 0 radical (unpaired) electrons. The number of thiazole rings is 1. The lowest BCUT2D eigenvalue weighted by atomic mass is 10.3. The lowest BCUT2D eigenvalue weighted by Crippen LogP contribution is -2.32. The minimum atomic E-state index is 0.972. The van der Waals surface area contributed by atoms with Crippen molar-refractivity contribution < 1.29 is 0 Å². The van der Waals surface area contributed by atoms with Crippen molar-refractivity contribution in [1.29, 1.82) is 0 Å². The van der Waals surface area contributed by atoms with E-state index in [1.807, 2.05) is 23.1 Å². The maximum Gasteiger partial charge on any atom is 0.185 e. The second-order valence-electron chi connectivity index (χ2n) is 4.10. The molecule has 1 saturated heterocycles. The van der Waals surface area contributed by atoms with E-state index in [1.54, 1.807) is 0 Å². The molecule has 17 heavy (non-hydrogen) atoms. The van der Waals surface area contributed by atoms with Crippen molar-refractivity contribution in [3.05, 3.63) is 10.6 Å². The van der Waals surface area contributed by atoms with Crippen molar-refractivity contribution in [3.63, 3.8) is 0 Å². The van der Waals surface area contributed by atoms with E-state index in [0.717, 1.165) is 32.6 Å². The van der Waals surface area contributed by atoms with Gasteiger partial charge in [-0.2, -0.15) is 11.8 Å². The van der Waals surface area contributed by atoms with E-state index in [0.29, 0.717) is 0 Å². The number of rotatable bonds is 5. The summed E-state index contributed by atoms with van der Waals surface area (Å²) < 4.78 is 0. The van der Waals surface area contributed by atoms with E-state index >= 15 is 0 Å². The molecule has 1 aromatic rings. The van der Waals surface area contributed by atoms with Crippen molar-refractivity contribution in [2.45, 2.75) is 26.8 Å². The Balaban J connectivity index is 2.08. The standard InChI is InChI=1S/C12H21N3S2/c1-3-10-11(9-13-4-2)17-12(14-10)15-5-7-16-8-6-15/h13H,3-9H2,1-2H3. The van der Waals surface area contributed by atoms with Crippen LogP contribution in [0, 0.1) is 0 Å². The molecule has 1 aromatic heterocycles. The smallest absolute Gasteiger partial charge is 0.185 e. The Morgan fingerprint density at radius 1 is 1.29 bits per heavy atom. The second-order valence-corrected chi connectivity index (χ2v) is 6.39. The SMILES string of the molecule is CCNCc1sc(N2CCSCC2)nc1CC. The first-order chi connectivity index (χ1) is 8.35. The van der Waals surface area contributed by atoms with Crippen molar-refractivity contribution >= 4 is 28.2 Å². The van der Waals surface area contributed by atoms with Crippen LogP contribution in [0.2, 0.25) is 0 Å². The molecule has 96 valence electrons. The molecule has 0 amide bonds. The summed E-state index contributed by atoms with van der Waals surface area (Å²) >= 11 is 3.92. The number of hydrogen-bond acceptors (Lipinski definition) is 5. The minimum absolute atomic E-state index is 0.972. The molecular weight excluding hydrogens is 250 g/mol. The highest BCUT2D eigenvalue weighted by atomic mass is 32.2. The highest BCUT2D eigenvalue weighted by molar-refractivity contribution is 7.99. The van der Waals surface area contributed by atoms with E-state index in [9.17, 15) is 0 Å². The molecule has 0 spiro atoms. The van der Waals surface area contributed by atoms with Crippen LogP contribution in [0.25, 0.3) is 0 Å². The zero-order chi connectivity index (χ0) is 12.1. The van der Waals surface area contributed by atoms with Gasteiger partial charge in [0.15, 0.2) is 5.13 Å². The maximum absolute atomic E-state index is 4.80. The van der Waals surface area contributed by atoms with Gasteiger partial charge in [-0.3, -0.25) is 0 Å². The molecule has 0 bridgehead atoms. The van der Waals surface area contributed by atoms with E-state index < -0.39 is 0 Å². The number of hydrogen-bond donors (Lipinski definition) is 1. The van der Waals surface area contributed by atoms with Crippen LogP contribution in [-0.4, -0.2) is 36.1 Å². The number of aryl methyl sites for hydroxylation is 1. The molecule has 1 fully saturated rings. The van der Waals surface area contributed by atoms with Crippen LogP contribution >= 0.6 is 23.1 Å². The fourth-order valence-corrected chi connectivity index (χ4v) is 3.99. The lowest BCUT2D eigenvalue weighted by molar-refractivity contribution is 0.727. The molecule has 1 aliphatic rings. The van der Waals surface area contributed by atoms with Gasteiger partial charge in [0.25, 0.3) is 0 Å². The molecule has 0 aromatic carbocycles. The molecule has 2 heterocycles. The van der Waals surface area contributed by atoms with Crippen LogP contribution in [0.4, 0.5) is 5.13 Å². The first kappa shape index (κ1) is 13.2. The van der Waals surface area contributed by atoms with Crippen LogP contribution in [0.3, 0.4) is 0 Å². The molecule has 1 N–H and O–H groups in total. The van der Waals surface area contributed by atoms with Crippen LogP contribution < -0.4 is 10.2 Å². The third kappa shape index (κ3) is 3.36. The van der Waals surface area contributed by atoms with Gasteiger partial charge in [-0.25, -0.2) is 4.98 Å². The molecule has 0 aliphatic carbocycles. The van der Waals surface area contributed by atoms with Gasteiger partial charge in [-0.05, 0) is 13.0 Å². The number of nitrogens with zero attached hydrogens (tertiary/aromatic N) is 2. The zero-order valence-corrected chi connectivity index (χ0v) is 12.3. The quantitative estimate of drug-likeness (QED) is 0.890. The molecular formula is C12H21N3S2.